The van der Waals surface area contributed by atoms with Crippen LogP contribution in [-0.4, -0.2) is 70.6 Å². The fourth-order valence-corrected chi connectivity index (χ4v) is 4.97. The van der Waals surface area contributed by atoms with Gasteiger partial charge >= 0.3 is 6.09 Å². The van der Waals surface area contributed by atoms with E-state index in [0.29, 0.717) is 30.0 Å². The third-order valence-electron chi connectivity index (χ3n) is 4.72. The van der Waals surface area contributed by atoms with Gasteiger partial charge in [-0.1, -0.05) is 24.3 Å². The van der Waals surface area contributed by atoms with E-state index in [9.17, 15) is 13.2 Å². The summed E-state index contributed by atoms with van der Waals surface area (Å²) in [4.78, 5) is 15.6. The number of ether oxygens (including phenoxy) is 1. The van der Waals surface area contributed by atoms with Crippen molar-refractivity contribution in [3.63, 3.8) is 0 Å². The minimum atomic E-state index is -3.66. The molecule has 0 N–H and O–H groups in total. The van der Waals surface area contributed by atoms with Gasteiger partial charge in [0.15, 0.2) is 0 Å². The van der Waals surface area contributed by atoms with Gasteiger partial charge in [-0.2, -0.15) is 4.31 Å². The number of carbonyl (C=O) groups is 1. The molecular formula is C19H25N3O4S. The van der Waals surface area contributed by atoms with Crippen molar-refractivity contribution in [1.82, 2.24) is 9.21 Å². The molecule has 0 aromatic heterocycles. The molecule has 0 atom stereocenters. The van der Waals surface area contributed by atoms with Gasteiger partial charge in [0, 0.05) is 56.7 Å². The number of piperazine rings is 1. The summed E-state index contributed by atoms with van der Waals surface area (Å²) in [6.07, 6.45) is -0.393. The third-order valence-corrected chi connectivity index (χ3v) is 6.68. The minimum Gasteiger partial charge on any atom is -0.450 e. The smallest absolute Gasteiger partial charge is 0.409 e. The van der Waals surface area contributed by atoms with E-state index in [-0.39, 0.29) is 13.1 Å². The topological polar surface area (TPSA) is 70.2 Å². The van der Waals surface area contributed by atoms with Crippen LogP contribution in [0.1, 0.15) is 6.92 Å². The highest BCUT2D eigenvalue weighted by Crippen LogP contribution is 2.31. The predicted octanol–water partition coefficient (Wildman–Crippen LogP) is 2.37. The lowest BCUT2D eigenvalue weighted by Gasteiger charge is -2.33. The zero-order valence-electron chi connectivity index (χ0n) is 15.9. The Morgan fingerprint density at radius 3 is 2.30 bits per heavy atom. The molecule has 146 valence electrons. The average Bonchev–Trinajstić information content (AvgIpc) is 2.67. The summed E-state index contributed by atoms with van der Waals surface area (Å²) in [5.74, 6) is 0. The Kier molecular flexibility index (Phi) is 5.57. The summed E-state index contributed by atoms with van der Waals surface area (Å²) in [5.41, 5.74) is 0.969. The highest BCUT2D eigenvalue weighted by molar-refractivity contribution is 7.89. The van der Waals surface area contributed by atoms with E-state index < -0.39 is 16.1 Å². The van der Waals surface area contributed by atoms with Crippen LogP contribution in [0.4, 0.5) is 10.5 Å². The van der Waals surface area contributed by atoms with Crippen LogP contribution in [0.2, 0.25) is 0 Å². The van der Waals surface area contributed by atoms with Crippen molar-refractivity contribution >= 4 is 32.6 Å². The molecule has 3 rings (SSSR count). The first kappa shape index (κ1) is 19.4. The Balaban J connectivity index is 1.90. The molecule has 0 saturated carbocycles. The molecule has 0 spiro atoms. The van der Waals surface area contributed by atoms with Crippen LogP contribution in [0.3, 0.4) is 0 Å². The number of rotatable bonds is 4. The van der Waals surface area contributed by atoms with E-state index in [1.807, 2.05) is 43.3 Å². The second-order valence-electron chi connectivity index (χ2n) is 6.61. The average molecular weight is 391 g/mol. The van der Waals surface area contributed by atoms with Crippen molar-refractivity contribution in [3.05, 3.63) is 36.4 Å². The van der Waals surface area contributed by atoms with Crippen molar-refractivity contribution in [1.29, 1.82) is 0 Å². The SMILES string of the molecule is CCOC(=O)N1CCN(S(=O)(=O)c2cccc3c(N(C)C)cccc23)CC1. The molecule has 0 radical (unpaired) electrons. The standard InChI is InChI=1S/C19H25N3O4S/c1-4-26-19(23)21-11-13-22(14-12-21)27(24,25)18-10-6-7-15-16(18)8-5-9-17(15)20(2)3/h5-10H,4,11-14H2,1-3H3. The molecule has 2 aromatic rings. The van der Waals surface area contributed by atoms with Gasteiger partial charge < -0.3 is 14.5 Å². The Labute approximate surface area is 160 Å². The molecule has 0 aliphatic carbocycles. The van der Waals surface area contributed by atoms with E-state index in [0.717, 1.165) is 11.1 Å². The summed E-state index contributed by atoms with van der Waals surface area (Å²) < 4.78 is 33.0. The fraction of sp³-hybridized carbons (Fsp3) is 0.421. The summed E-state index contributed by atoms with van der Waals surface area (Å²) in [6.45, 7) is 3.22. The van der Waals surface area contributed by atoms with Gasteiger partial charge in [0.1, 0.15) is 0 Å². The number of amides is 1. The minimum absolute atomic E-state index is 0.255. The quantitative estimate of drug-likeness (QED) is 0.800. The van der Waals surface area contributed by atoms with Crippen molar-refractivity contribution in [2.75, 3.05) is 51.8 Å². The normalized spacial score (nSPS) is 15.7. The highest BCUT2D eigenvalue weighted by Gasteiger charge is 2.31. The van der Waals surface area contributed by atoms with E-state index in [4.69, 9.17) is 4.74 Å². The van der Waals surface area contributed by atoms with Crippen molar-refractivity contribution in [2.24, 2.45) is 0 Å². The van der Waals surface area contributed by atoms with E-state index >= 15 is 0 Å². The van der Waals surface area contributed by atoms with Crippen molar-refractivity contribution in [2.45, 2.75) is 11.8 Å². The molecule has 0 unspecified atom stereocenters. The maximum Gasteiger partial charge on any atom is 0.409 e. The predicted molar refractivity (Wildman–Crippen MR) is 106 cm³/mol. The van der Waals surface area contributed by atoms with Crippen LogP contribution in [-0.2, 0) is 14.8 Å². The highest BCUT2D eigenvalue weighted by atomic mass is 32.2. The first-order valence-corrected chi connectivity index (χ1v) is 10.4. The number of anilines is 1. The third kappa shape index (κ3) is 3.72. The first-order chi connectivity index (χ1) is 12.9. The molecule has 8 heteroatoms. The van der Waals surface area contributed by atoms with Crippen molar-refractivity contribution < 1.29 is 17.9 Å². The molecule has 1 aliphatic heterocycles. The number of carbonyl (C=O) groups excluding carboxylic acids is 1. The Morgan fingerprint density at radius 2 is 1.67 bits per heavy atom. The fourth-order valence-electron chi connectivity index (χ4n) is 3.34. The molecule has 1 saturated heterocycles. The largest absolute Gasteiger partial charge is 0.450 e. The summed E-state index contributed by atoms with van der Waals surface area (Å²) >= 11 is 0. The number of sulfonamides is 1. The molecule has 7 nitrogen and oxygen atoms in total. The van der Waals surface area contributed by atoms with Crippen LogP contribution in [0.15, 0.2) is 41.3 Å². The Bertz CT molecular complexity index is 935. The zero-order chi connectivity index (χ0) is 19.6. The number of fused-ring (bicyclic) bond motifs is 1. The van der Waals surface area contributed by atoms with Gasteiger partial charge in [0.2, 0.25) is 10.0 Å². The van der Waals surface area contributed by atoms with E-state index in [1.54, 1.807) is 24.0 Å². The molecule has 27 heavy (non-hydrogen) atoms. The lowest BCUT2D eigenvalue weighted by atomic mass is 10.1. The van der Waals surface area contributed by atoms with Gasteiger partial charge in [-0.3, -0.25) is 0 Å². The van der Waals surface area contributed by atoms with E-state index in [2.05, 4.69) is 0 Å². The van der Waals surface area contributed by atoms with E-state index in [1.165, 1.54) is 4.31 Å². The van der Waals surface area contributed by atoms with Gasteiger partial charge in [-0.25, -0.2) is 13.2 Å². The van der Waals surface area contributed by atoms with Gasteiger partial charge in [0.25, 0.3) is 0 Å². The molecule has 0 bridgehead atoms. The number of nitrogens with zero attached hydrogens (tertiary/aromatic N) is 3. The Hall–Kier alpha value is -2.32. The summed E-state index contributed by atoms with van der Waals surface area (Å²) in [6, 6.07) is 11.0. The second-order valence-corrected chi connectivity index (χ2v) is 8.52. The van der Waals surface area contributed by atoms with Gasteiger partial charge in [0.05, 0.1) is 11.5 Å². The zero-order valence-corrected chi connectivity index (χ0v) is 16.7. The molecular weight excluding hydrogens is 366 g/mol. The Morgan fingerprint density at radius 1 is 1.04 bits per heavy atom. The van der Waals surface area contributed by atoms with Gasteiger partial charge in [-0.15, -0.1) is 0 Å². The van der Waals surface area contributed by atoms with Crippen LogP contribution in [0, 0.1) is 0 Å². The van der Waals surface area contributed by atoms with Crippen molar-refractivity contribution in [3.8, 4) is 0 Å². The summed E-state index contributed by atoms with van der Waals surface area (Å²) in [7, 11) is 0.214. The van der Waals surface area contributed by atoms with Crippen LogP contribution in [0.5, 0.6) is 0 Å². The number of benzene rings is 2. The molecule has 1 fully saturated rings. The van der Waals surface area contributed by atoms with Crippen LogP contribution < -0.4 is 4.90 Å². The molecule has 1 aliphatic rings. The second kappa shape index (κ2) is 7.74. The number of hydrogen-bond acceptors (Lipinski definition) is 5. The monoisotopic (exact) mass is 391 g/mol. The number of hydrogen-bond donors (Lipinski definition) is 0. The molecule has 2 aromatic carbocycles. The maximum atomic E-state index is 13.3. The van der Waals surface area contributed by atoms with Crippen LogP contribution in [0.25, 0.3) is 10.8 Å². The van der Waals surface area contributed by atoms with Crippen LogP contribution >= 0.6 is 0 Å². The lowest BCUT2D eigenvalue weighted by molar-refractivity contribution is 0.0934. The van der Waals surface area contributed by atoms with Gasteiger partial charge in [-0.05, 0) is 19.1 Å². The maximum absolute atomic E-state index is 13.3. The lowest BCUT2D eigenvalue weighted by Crippen LogP contribution is -2.50. The molecule has 1 amide bonds. The molecule has 1 heterocycles. The summed E-state index contributed by atoms with van der Waals surface area (Å²) in [5, 5.41) is 1.60. The first-order valence-electron chi connectivity index (χ1n) is 8.97.